The van der Waals surface area contributed by atoms with Gasteiger partial charge in [0.05, 0.1) is 24.8 Å². The molecular formula is C31H39N3O3. The second-order valence-corrected chi connectivity index (χ2v) is 10.9. The van der Waals surface area contributed by atoms with Crippen LogP contribution < -0.4 is 4.74 Å². The van der Waals surface area contributed by atoms with Crippen LogP contribution in [0.2, 0.25) is 0 Å². The van der Waals surface area contributed by atoms with Gasteiger partial charge in [-0.15, -0.1) is 6.58 Å². The number of likely N-dealkylation sites (tertiary alicyclic amines) is 1. The number of allylic oxidation sites excluding steroid dienone is 1. The number of hydrogen-bond acceptors (Lipinski definition) is 5. The number of nitrogens with zero attached hydrogens (tertiary/aromatic N) is 3. The molecule has 2 fully saturated rings. The Labute approximate surface area is 220 Å². The van der Waals surface area contributed by atoms with Crippen LogP contribution in [0.1, 0.15) is 69.9 Å². The summed E-state index contributed by atoms with van der Waals surface area (Å²) in [6.07, 6.45) is 9.23. The average molecular weight is 502 g/mol. The lowest BCUT2D eigenvalue weighted by molar-refractivity contribution is -0.155. The number of aromatic nitrogens is 1. The minimum atomic E-state index is -0.835. The Morgan fingerprint density at radius 1 is 1.24 bits per heavy atom. The van der Waals surface area contributed by atoms with Gasteiger partial charge in [0.25, 0.3) is 0 Å². The molecule has 37 heavy (non-hydrogen) atoms. The van der Waals surface area contributed by atoms with E-state index in [1.165, 1.54) is 5.56 Å². The third kappa shape index (κ3) is 4.10. The van der Waals surface area contributed by atoms with Crippen molar-refractivity contribution >= 4 is 11.6 Å². The highest BCUT2D eigenvalue weighted by atomic mass is 16.6. The summed E-state index contributed by atoms with van der Waals surface area (Å²) in [7, 11) is 1.68. The number of amides is 1. The van der Waals surface area contributed by atoms with E-state index in [4.69, 9.17) is 14.5 Å². The van der Waals surface area contributed by atoms with Gasteiger partial charge >= 0.3 is 0 Å². The van der Waals surface area contributed by atoms with Crippen LogP contribution in [0.25, 0.3) is 0 Å². The third-order valence-electron chi connectivity index (χ3n) is 9.17. The lowest BCUT2D eigenvalue weighted by atomic mass is 9.66. The zero-order chi connectivity index (χ0) is 26.2. The van der Waals surface area contributed by atoms with Crippen LogP contribution in [0.3, 0.4) is 0 Å². The van der Waals surface area contributed by atoms with Crippen LogP contribution in [-0.2, 0) is 16.1 Å². The molecule has 1 aliphatic carbocycles. The van der Waals surface area contributed by atoms with E-state index in [9.17, 15) is 4.79 Å². The summed E-state index contributed by atoms with van der Waals surface area (Å²) in [4.78, 5) is 26.2. The first-order chi connectivity index (χ1) is 17.9. The first kappa shape index (κ1) is 25.7. The van der Waals surface area contributed by atoms with Crippen molar-refractivity contribution in [3.05, 3.63) is 72.6 Å². The summed E-state index contributed by atoms with van der Waals surface area (Å²) < 4.78 is 12.4. The number of methoxy groups -OCH3 is 1. The third-order valence-corrected chi connectivity index (χ3v) is 9.17. The van der Waals surface area contributed by atoms with Crippen molar-refractivity contribution in [3.63, 3.8) is 0 Å². The van der Waals surface area contributed by atoms with E-state index in [0.717, 1.165) is 36.3 Å². The van der Waals surface area contributed by atoms with E-state index in [2.05, 4.69) is 44.5 Å². The van der Waals surface area contributed by atoms with Crippen molar-refractivity contribution in [2.75, 3.05) is 7.11 Å². The Bertz CT molecular complexity index is 1160. The molecule has 5 rings (SSSR count). The molecule has 0 radical (unpaired) electrons. The van der Waals surface area contributed by atoms with E-state index in [-0.39, 0.29) is 24.0 Å². The molecule has 1 saturated carbocycles. The summed E-state index contributed by atoms with van der Waals surface area (Å²) in [6.45, 7) is 11.2. The largest absolute Gasteiger partial charge is 0.497 e. The topological polar surface area (TPSA) is 64.0 Å². The molecule has 2 aliphatic heterocycles. The number of pyridine rings is 1. The molecule has 196 valence electrons. The molecule has 6 nitrogen and oxygen atoms in total. The number of ether oxygens (including phenoxy) is 2. The molecule has 2 aromatic rings. The second-order valence-electron chi connectivity index (χ2n) is 10.9. The molecule has 3 aliphatic rings. The molecule has 6 heteroatoms. The van der Waals surface area contributed by atoms with Crippen LogP contribution in [-0.4, -0.2) is 40.6 Å². The van der Waals surface area contributed by atoms with E-state index in [0.29, 0.717) is 25.3 Å². The molecule has 1 saturated heterocycles. The smallest absolute Gasteiger partial charge is 0.232 e. The number of rotatable bonds is 9. The van der Waals surface area contributed by atoms with Crippen molar-refractivity contribution in [2.24, 2.45) is 22.2 Å². The second kappa shape index (κ2) is 10.1. The van der Waals surface area contributed by atoms with Crippen LogP contribution >= 0.6 is 0 Å². The molecule has 1 aromatic heterocycles. The molecule has 1 aromatic carbocycles. The first-order valence-electron chi connectivity index (χ1n) is 13.6. The normalized spacial score (nSPS) is 30.7. The van der Waals surface area contributed by atoms with Crippen molar-refractivity contribution < 1.29 is 14.3 Å². The van der Waals surface area contributed by atoms with Gasteiger partial charge in [-0.05, 0) is 66.8 Å². The monoisotopic (exact) mass is 501 g/mol. The molecular weight excluding hydrogens is 462 g/mol. The Kier molecular flexibility index (Phi) is 6.97. The predicted octanol–water partition coefficient (Wildman–Crippen LogP) is 6.14. The molecule has 1 amide bonds. The van der Waals surface area contributed by atoms with Gasteiger partial charge in [0.1, 0.15) is 5.75 Å². The predicted molar refractivity (Wildman–Crippen MR) is 145 cm³/mol. The summed E-state index contributed by atoms with van der Waals surface area (Å²) in [5.74, 6) is 1.50. The maximum absolute atomic E-state index is 14.6. The first-order valence-corrected chi connectivity index (χ1v) is 13.6. The van der Waals surface area contributed by atoms with Crippen LogP contribution in [0, 0.1) is 17.3 Å². The van der Waals surface area contributed by atoms with Crippen molar-refractivity contribution in [1.82, 2.24) is 9.88 Å². The van der Waals surface area contributed by atoms with Gasteiger partial charge in [-0.3, -0.25) is 14.8 Å². The lowest BCUT2D eigenvalue weighted by Crippen LogP contribution is -2.53. The number of carbonyl (C=O) groups is 1. The highest BCUT2D eigenvalue weighted by Gasteiger charge is 2.68. The van der Waals surface area contributed by atoms with Crippen molar-refractivity contribution in [3.8, 4) is 5.75 Å². The molecule has 0 N–H and O–H groups in total. The molecule has 1 spiro atoms. The van der Waals surface area contributed by atoms with Crippen molar-refractivity contribution in [2.45, 2.75) is 77.3 Å². The summed E-state index contributed by atoms with van der Waals surface area (Å²) >= 11 is 0. The van der Waals surface area contributed by atoms with Gasteiger partial charge in [-0.1, -0.05) is 45.0 Å². The Morgan fingerprint density at radius 2 is 2.00 bits per heavy atom. The zero-order valence-electron chi connectivity index (χ0n) is 22.5. The fourth-order valence-electron chi connectivity index (χ4n) is 6.91. The molecule has 5 atom stereocenters. The highest BCUT2D eigenvalue weighted by molar-refractivity contribution is 6.02. The van der Waals surface area contributed by atoms with E-state index >= 15 is 0 Å². The summed E-state index contributed by atoms with van der Waals surface area (Å²) in [5.41, 5.74) is 1.77. The van der Waals surface area contributed by atoms with Gasteiger partial charge in [-0.2, -0.15) is 0 Å². The molecule has 3 heterocycles. The fraction of sp³-hybridized carbons (Fsp3) is 0.516. The number of carbonyl (C=O) groups excluding carboxylic acids is 1. The Balaban J connectivity index is 1.64. The molecule has 2 bridgehead atoms. The van der Waals surface area contributed by atoms with E-state index < -0.39 is 11.1 Å². The number of fused-ring (bicyclic) bond motifs is 1. The van der Waals surface area contributed by atoms with Gasteiger partial charge in [0.2, 0.25) is 5.91 Å². The minimum absolute atomic E-state index is 0.0747. The summed E-state index contributed by atoms with van der Waals surface area (Å²) in [6, 6.07) is 12.3. The fourth-order valence-corrected chi connectivity index (χ4v) is 6.91. The minimum Gasteiger partial charge on any atom is -0.497 e. The van der Waals surface area contributed by atoms with E-state index in [1.807, 2.05) is 41.4 Å². The zero-order valence-corrected chi connectivity index (χ0v) is 22.5. The summed E-state index contributed by atoms with van der Waals surface area (Å²) in [5, 5.41) is 0. The maximum Gasteiger partial charge on any atom is 0.232 e. The van der Waals surface area contributed by atoms with Gasteiger partial charge in [0, 0.05) is 24.7 Å². The van der Waals surface area contributed by atoms with Gasteiger partial charge in [0.15, 0.2) is 12.0 Å². The highest BCUT2D eigenvalue weighted by Crippen LogP contribution is 2.60. The Morgan fingerprint density at radius 3 is 2.62 bits per heavy atom. The maximum atomic E-state index is 14.6. The standard InChI is InChI=1S/C31H39N3O3/c1-6-15-30-20-31(34(29(30)35)19-22-10-9-16-32-18-22)27(33-28(37-31)23(7-2)8-3)17-26(21(30)4)24-11-13-25(36-5)14-12-24/h6,9-14,16,18,21,23,26,28H,1,7-8,15,17,19-20H2,2-5H3/t21-,26+,28-,30+,31+/m1/s1. The van der Waals surface area contributed by atoms with Crippen molar-refractivity contribution in [1.29, 1.82) is 0 Å². The van der Waals surface area contributed by atoms with Crippen LogP contribution in [0.15, 0.2) is 66.4 Å². The van der Waals surface area contributed by atoms with Gasteiger partial charge in [-0.25, -0.2) is 0 Å². The quantitative estimate of drug-likeness (QED) is 0.387. The average Bonchev–Trinajstić information content (AvgIpc) is 3.35. The number of aliphatic imine (C=N–C) groups is 1. The van der Waals surface area contributed by atoms with Gasteiger partial charge < -0.3 is 14.4 Å². The SMILES string of the molecule is C=CC[C@]12C[C@@]3(O[C@H](C(CC)CC)N=C3C[C@H](c3ccc(OC)cc3)[C@H]1C)N(Cc1cccnc1)C2=O. The van der Waals surface area contributed by atoms with Crippen LogP contribution in [0.4, 0.5) is 0 Å². The lowest BCUT2D eigenvalue weighted by Gasteiger charge is -2.40. The molecule has 0 unspecified atom stereocenters. The van der Waals surface area contributed by atoms with E-state index in [1.54, 1.807) is 13.3 Å². The number of hydrogen-bond donors (Lipinski definition) is 0. The van der Waals surface area contributed by atoms with Crippen LogP contribution in [0.5, 0.6) is 5.75 Å². The number of benzene rings is 1. The Hall–Kier alpha value is -2.99.